The number of carbonyl (C=O) groups excluding carboxylic acids is 3. The van der Waals surface area contributed by atoms with E-state index < -0.39 is 24.3 Å². The van der Waals surface area contributed by atoms with E-state index in [0.29, 0.717) is 17.4 Å². The van der Waals surface area contributed by atoms with E-state index in [2.05, 4.69) is 38.2 Å². The van der Waals surface area contributed by atoms with E-state index in [9.17, 15) is 19.5 Å². The summed E-state index contributed by atoms with van der Waals surface area (Å²) in [5, 5.41) is 11.8. The van der Waals surface area contributed by atoms with Crippen LogP contribution in [-0.2, 0) is 33.3 Å². The van der Waals surface area contributed by atoms with Crippen LogP contribution in [0.5, 0.6) is 0 Å². The van der Waals surface area contributed by atoms with Crippen LogP contribution >= 0.6 is 0 Å². The average Bonchev–Trinajstić information content (AvgIpc) is 3.38. The third-order valence-corrected chi connectivity index (χ3v) is 14.7. The summed E-state index contributed by atoms with van der Waals surface area (Å²) in [5.74, 6) is -2.26. The van der Waals surface area contributed by atoms with Crippen LogP contribution in [0.3, 0.4) is 0 Å². The van der Waals surface area contributed by atoms with Gasteiger partial charge in [0, 0.05) is 12.8 Å². The van der Waals surface area contributed by atoms with Crippen LogP contribution in [0.2, 0.25) is 0 Å². The minimum atomic E-state index is -1.62. The summed E-state index contributed by atoms with van der Waals surface area (Å²) >= 11 is 0. The van der Waals surface area contributed by atoms with Crippen molar-refractivity contribution in [2.45, 2.75) is 334 Å². The average molecular weight is 1060 g/mol. The van der Waals surface area contributed by atoms with Crippen molar-refractivity contribution in [2.24, 2.45) is 0 Å². The van der Waals surface area contributed by atoms with Crippen LogP contribution in [0.15, 0.2) is 24.3 Å². The van der Waals surface area contributed by atoms with Crippen molar-refractivity contribution < 1.29 is 42.9 Å². The van der Waals surface area contributed by atoms with Crippen molar-refractivity contribution in [1.29, 1.82) is 0 Å². The smallest absolute Gasteiger partial charge is 0.306 e. The van der Waals surface area contributed by atoms with E-state index in [1.807, 2.05) is 21.1 Å². The zero-order chi connectivity index (χ0) is 54.8. The summed E-state index contributed by atoms with van der Waals surface area (Å²) in [6.45, 7) is 4.79. The SMILES string of the molecule is CCCCCCC/C=C\C/C=C\CCCCCCCCCCCCCCCCCCCCCCCCCC(=O)OC(COC(=O)CCCCCCCCCCCCCCCCC)COC(OCC[N+](C)(C)C)C(=O)[O-]. The molecular weight excluding hydrogens is 935 g/mol. The van der Waals surface area contributed by atoms with Gasteiger partial charge < -0.3 is 33.3 Å². The van der Waals surface area contributed by atoms with Crippen molar-refractivity contribution in [2.75, 3.05) is 47.5 Å². The van der Waals surface area contributed by atoms with Gasteiger partial charge in [-0.05, 0) is 44.9 Å². The monoisotopic (exact) mass is 1060 g/mol. The third-order valence-electron chi connectivity index (χ3n) is 14.7. The summed E-state index contributed by atoms with van der Waals surface area (Å²) in [4.78, 5) is 37.3. The molecule has 9 nitrogen and oxygen atoms in total. The van der Waals surface area contributed by atoms with Crippen LogP contribution in [0.25, 0.3) is 0 Å². The van der Waals surface area contributed by atoms with Crippen molar-refractivity contribution in [3.8, 4) is 0 Å². The predicted octanol–water partition coefficient (Wildman–Crippen LogP) is 18.1. The molecule has 0 heterocycles. The van der Waals surface area contributed by atoms with Crippen LogP contribution in [0, 0.1) is 0 Å². The lowest BCUT2D eigenvalue weighted by Gasteiger charge is -2.26. The topological polar surface area (TPSA) is 111 Å². The van der Waals surface area contributed by atoms with E-state index in [0.717, 1.165) is 44.9 Å². The number of allylic oxidation sites excluding steroid dienone is 4. The Morgan fingerprint density at radius 2 is 0.720 bits per heavy atom. The van der Waals surface area contributed by atoms with Gasteiger partial charge in [-0.3, -0.25) is 9.59 Å². The summed E-state index contributed by atoms with van der Waals surface area (Å²) in [6.07, 6.45) is 66.9. The maximum atomic E-state index is 12.9. The molecule has 0 aromatic carbocycles. The molecule has 9 heteroatoms. The second-order valence-corrected chi connectivity index (χ2v) is 23.4. The molecule has 0 N–H and O–H groups in total. The molecule has 0 radical (unpaired) electrons. The molecule has 0 aliphatic rings. The molecule has 0 saturated carbocycles. The maximum Gasteiger partial charge on any atom is 0.306 e. The number of likely N-dealkylation sites (N-methyl/N-ethyl adjacent to an activating group) is 1. The van der Waals surface area contributed by atoms with Crippen molar-refractivity contribution >= 4 is 17.9 Å². The lowest BCUT2D eigenvalue weighted by molar-refractivity contribution is -0.870. The first-order chi connectivity index (χ1) is 36.6. The second kappa shape index (κ2) is 57.9. The summed E-state index contributed by atoms with van der Waals surface area (Å²) in [6, 6.07) is 0. The highest BCUT2D eigenvalue weighted by molar-refractivity contribution is 5.70. The molecule has 2 atom stereocenters. The van der Waals surface area contributed by atoms with Gasteiger partial charge >= 0.3 is 11.9 Å². The van der Waals surface area contributed by atoms with Gasteiger partial charge in [-0.15, -0.1) is 0 Å². The number of rotatable bonds is 61. The molecule has 442 valence electrons. The number of carbonyl (C=O) groups is 3. The minimum Gasteiger partial charge on any atom is -0.545 e. The number of esters is 2. The Labute approximate surface area is 465 Å². The Morgan fingerprint density at radius 3 is 1.05 bits per heavy atom. The summed E-state index contributed by atoms with van der Waals surface area (Å²) in [7, 11) is 5.94. The van der Waals surface area contributed by atoms with Gasteiger partial charge in [0.1, 0.15) is 13.2 Å². The normalized spacial score (nSPS) is 12.8. The van der Waals surface area contributed by atoms with Crippen LogP contribution < -0.4 is 5.11 Å². The highest BCUT2D eigenvalue weighted by Gasteiger charge is 2.22. The number of hydrogen-bond acceptors (Lipinski definition) is 8. The Kier molecular flexibility index (Phi) is 56.2. The lowest BCUT2D eigenvalue weighted by Crippen LogP contribution is -2.44. The van der Waals surface area contributed by atoms with E-state index in [1.165, 1.54) is 250 Å². The molecule has 0 aromatic heterocycles. The number of carboxylic acids is 1. The van der Waals surface area contributed by atoms with Crippen LogP contribution in [0.4, 0.5) is 0 Å². The van der Waals surface area contributed by atoms with Crippen LogP contribution in [0.1, 0.15) is 322 Å². The van der Waals surface area contributed by atoms with Gasteiger partial charge in [-0.2, -0.15) is 0 Å². The first kappa shape index (κ1) is 72.8. The second-order valence-electron chi connectivity index (χ2n) is 23.4. The van der Waals surface area contributed by atoms with Crippen molar-refractivity contribution in [3.63, 3.8) is 0 Å². The molecule has 0 aliphatic carbocycles. The summed E-state index contributed by atoms with van der Waals surface area (Å²) < 4.78 is 22.7. The van der Waals surface area contributed by atoms with Gasteiger partial charge in [0.2, 0.25) is 0 Å². The minimum absolute atomic E-state index is 0.152. The first-order valence-electron chi connectivity index (χ1n) is 32.5. The van der Waals surface area contributed by atoms with Gasteiger partial charge in [-0.25, -0.2) is 0 Å². The van der Waals surface area contributed by atoms with Crippen LogP contribution in [-0.4, -0.2) is 82.3 Å². The Morgan fingerprint density at radius 1 is 0.400 bits per heavy atom. The van der Waals surface area contributed by atoms with Crippen molar-refractivity contribution in [1.82, 2.24) is 0 Å². The molecular formula is C66H125NO8. The molecule has 0 amide bonds. The fourth-order valence-electron chi connectivity index (χ4n) is 9.69. The zero-order valence-corrected chi connectivity index (χ0v) is 50.4. The number of nitrogens with zero attached hydrogens (tertiary/aromatic N) is 1. The molecule has 2 unspecified atom stereocenters. The highest BCUT2D eigenvalue weighted by Crippen LogP contribution is 2.18. The van der Waals surface area contributed by atoms with E-state index in [-0.39, 0.29) is 32.2 Å². The Hall–Kier alpha value is -2.23. The van der Waals surface area contributed by atoms with Gasteiger partial charge in [0.15, 0.2) is 12.4 Å². The van der Waals surface area contributed by atoms with E-state index in [1.54, 1.807) is 0 Å². The largest absolute Gasteiger partial charge is 0.545 e. The fraction of sp³-hybridized carbons (Fsp3) is 0.894. The Balaban J connectivity index is 3.99. The number of carboxylic acid groups (broad SMARTS) is 1. The quantitative estimate of drug-likeness (QED) is 0.0195. The first-order valence-corrected chi connectivity index (χ1v) is 32.5. The highest BCUT2D eigenvalue weighted by atomic mass is 16.7. The van der Waals surface area contributed by atoms with E-state index >= 15 is 0 Å². The third kappa shape index (κ3) is 59.3. The zero-order valence-electron chi connectivity index (χ0n) is 50.4. The molecule has 0 aliphatic heterocycles. The molecule has 75 heavy (non-hydrogen) atoms. The van der Waals surface area contributed by atoms with Crippen molar-refractivity contribution in [3.05, 3.63) is 24.3 Å². The summed E-state index contributed by atoms with van der Waals surface area (Å²) in [5.41, 5.74) is 0. The molecule has 0 bridgehead atoms. The number of ether oxygens (including phenoxy) is 4. The maximum absolute atomic E-state index is 12.9. The van der Waals surface area contributed by atoms with E-state index in [4.69, 9.17) is 18.9 Å². The van der Waals surface area contributed by atoms with Gasteiger partial charge in [0.25, 0.3) is 0 Å². The van der Waals surface area contributed by atoms with Gasteiger partial charge in [0.05, 0.1) is 40.3 Å². The van der Waals surface area contributed by atoms with Gasteiger partial charge in [-0.1, -0.05) is 289 Å². The molecule has 0 saturated heterocycles. The standard InChI is InChI=1S/C66H125NO8/c1-6-8-10-12-14-16-18-20-22-23-24-25-26-27-28-29-30-31-32-33-34-35-36-37-38-39-40-41-43-45-47-49-51-53-55-57-64(69)75-62(61-74-66(65(70)71)72-59-58-67(3,4)5)60-73-63(68)56-54-52-50-48-46-44-42-21-19-17-15-13-11-9-7-2/h18,20,23-24,62,66H,6-17,19,21-22,25-61H2,1-5H3/b20-18-,24-23-. The molecule has 0 fully saturated rings. The molecule has 0 spiro atoms. The molecule has 0 aromatic rings. The predicted molar refractivity (Wildman–Crippen MR) is 316 cm³/mol. The number of quaternary nitrogens is 1. The Bertz CT molecular complexity index is 1280. The lowest BCUT2D eigenvalue weighted by atomic mass is 10.0. The molecule has 0 rings (SSSR count). The fourth-order valence-corrected chi connectivity index (χ4v) is 9.69. The number of hydrogen-bond donors (Lipinski definition) is 0. The number of aliphatic carboxylic acids is 1. The number of unbranched alkanes of at least 4 members (excludes halogenated alkanes) is 42.